The van der Waals surface area contributed by atoms with Crippen molar-refractivity contribution >= 4 is 39.6 Å². The van der Waals surface area contributed by atoms with Crippen molar-refractivity contribution in [3.63, 3.8) is 0 Å². The normalized spacial score (nSPS) is 27.6. The van der Waals surface area contributed by atoms with Crippen LogP contribution < -0.4 is 10.4 Å². The molecule has 3 aliphatic rings. The Bertz CT molecular complexity index is 1680. The van der Waals surface area contributed by atoms with E-state index in [1.807, 2.05) is 58.9 Å². The second kappa shape index (κ2) is 8.32. The Morgan fingerprint density at radius 2 is 1.70 bits per heavy atom. The molecule has 1 aliphatic carbocycles. The smallest absolute Gasteiger partial charge is 0.351 e. The second-order valence-corrected chi connectivity index (χ2v) is 12.2. The zero-order valence-corrected chi connectivity index (χ0v) is 23.5. The van der Waals surface area contributed by atoms with Gasteiger partial charge in [-0.1, -0.05) is 38.1 Å². The molecule has 1 saturated heterocycles. The number of ether oxygens (including phenoxy) is 4. The lowest BCUT2D eigenvalue weighted by Gasteiger charge is -2.42. The molecule has 2 aliphatic heterocycles. The summed E-state index contributed by atoms with van der Waals surface area (Å²) in [6, 6.07) is 8.51. The molecular weight excluding hydrogens is 516 g/mol. The molecule has 2 fully saturated rings. The topological polar surface area (TPSA) is 118 Å². The predicted molar refractivity (Wildman–Crippen MR) is 144 cm³/mol. The van der Waals surface area contributed by atoms with Crippen molar-refractivity contribution in [3.8, 4) is 5.75 Å². The Labute approximate surface area is 230 Å². The average molecular weight is 549 g/mol. The first kappa shape index (κ1) is 26.3. The van der Waals surface area contributed by atoms with Crippen molar-refractivity contribution in [2.24, 2.45) is 10.8 Å². The Morgan fingerprint density at radius 1 is 1.00 bits per heavy atom. The number of carbonyl (C=O) groups excluding carboxylic acids is 3. The van der Waals surface area contributed by atoms with Gasteiger partial charge in [-0.15, -0.1) is 0 Å². The van der Waals surface area contributed by atoms with E-state index in [2.05, 4.69) is 0 Å². The molecule has 9 heteroatoms. The van der Waals surface area contributed by atoms with Crippen LogP contribution in [0, 0.1) is 10.8 Å². The van der Waals surface area contributed by atoms with Crippen molar-refractivity contribution in [2.45, 2.75) is 78.1 Å². The zero-order valence-electron chi connectivity index (χ0n) is 23.5. The molecular formula is C31H32O9. The molecule has 1 unspecified atom stereocenters. The van der Waals surface area contributed by atoms with Gasteiger partial charge in [0.15, 0.2) is 0 Å². The minimum atomic E-state index is -1.40. The quantitative estimate of drug-likeness (QED) is 0.195. The molecule has 1 aromatic heterocycles. The van der Waals surface area contributed by atoms with Crippen molar-refractivity contribution < 1.29 is 37.7 Å². The van der Waals surface area contributed by atoms with Gasteiger partial charge in [0.05, 0.1) is 17.6 Å². The Kier molecular flexibility index (Phi) is 5.48. The van der Waals surface area contributed by atoms with Crippen molar-refractivity contribution in [1.29, 1.82) is 0 Å². The molecule has 0 radical (unpaired) electrons. The zero-order chi connectivity index (χ0) is 28.8. The summed E-state index contributed by atoms with van der Waals surface area (Å²) in [6.45, 7) is 11.0. The first-order chi connectivity index (χ1) is 18.8. The Hall–Kier alpha value is -3.88. The van der Waals surface area contributed by atoms with Gasteiger partial charge in [-0.2, -0.15) is 0 Å². The van der Waals surface area contributed by atoms with Crippen molar-refractivity contribution in [2.75, 3.05) is 6.61 Å². The summed E-state index contributed by atoms with van der Waals surface area (Å²) in [5.74, 6) is -1.16. The highest BCUT2D eigenvalue weighted by Crippen LogP contribution is 2.66. The molecule has 0 N–H and O–H groups in total. The fourth-order valence-electron chi connectivity index (χ4n) is 6.68. The highest BCUT2D eigenvalue weighted by molar-refractivity contribution is 6.18. The summed E-state index contributed by atoms with van der Waals surface area (Å²) in [7, 11) is 0. The molecule has 1 saturated carbocycles. The number of carbonyl (C=O) groups is 3. The molecule has 0 amide bonds. The number of hydrogen-bond donors (Lipinski definition) is 0. The summed E-state index contributed by atoms with van der Waals surface area (Å²) in [6.07, 6.45) is 0.230. The first-order valence-corrected chi connectivity index (χ1v) is 13.6. The monoisotopic (exact) mass is 548 g/mol. The van der Waals surface area contributed by atoms with E-state index < -0.39 is 51.7 Å². The SMILES string of the molecule is CCOC(=O)c1cc(=O)oc2c3c(c4ccccc4c12)OC(C)(C)C(OC(=O)[C@]12CC[C@](C)(C(=O)O1)C2(C)C)C3. The van der Waals surface area contributed by atoms with Crippen LogP contribution in [-0.2, 0) is 30.2 Å². The summed E-state index contributed by atoms with van der Waals surface area (Å²) in [5, 5.41) is 1.81. The summed E-state index contributed by atoms with van der Waals surface area (Å²) in [4.78, 5) is 52.2. The van der Waals surface area contributed by atoms with E-state index in [-0.39, 0.29) is 24.2 Å². The first-order valence-electron chi connectivity index (χ1n) is 13.6. The highest BCUT2D eigenvalue weighted by atomic mass is 16.6. The predicted octanol–water partition coefficient (Wildman–Crippen LogP) is 4.87. The lowest BCUT2D eigenvalue weighted by molar-refractivity contribution is -0.194. The maximum absolute atomic E-state index is 13.9. The van der Waals surface area contributed by atoms with Crippen LogP contribution in [0.3, 0.4) is 0 Å². The van der Waals surface area contributed by atoms with Gasteiger partial charge < -0.3 is 23.4 Å². The van der Waals surface area contributed by atoms with Crippen molar-refractivity contribution in [3.05, 3.63) is 51.9 Å². The number of fused-ring (bicyclic) bond motifs is 8. The lowest BCUT2D eigenvalue weighted by Crippen LogP contribution is -2.55. The van der Waals surface area contributed by atoms with Crippen LogP contribution in [0.25, 0.3) is 21.7 Å². The number of rotatable bonds is 4. The van der Waals surface area contributed by atoms with Gasteiger partial charge in [-0.25, -0.2) is 14.4 Å². The molecule has 210 valence electrons. The Morgan fingerprint density at radius 3 is 2.33 bits per heavy atom. The standard InChI is InChI=1S/C31H32O9/c1-7-36-25(33)18-15-21(32)38-24-19-14-20(28(2,3)39-23(19)17-11-9-8-10-16(17)22(18)24)37-27(35)31-13-12-30(6,26(34)40-31)29(31,4)5/h8-11,15,20H,7,12-14H2,1-6H3/t20?,30-,31+/m1/s1. The highest BCUT2D eigenvalue weighted by Gasteiger charge is 2.76. The third-order valence-corrected chi connectivity index (χ3v) is 9.64. The minimum Gasteiger partial charge on any atom is -0.483 e. The lowest BCUT2D eigenvalue weighted by atomic mass is 9.66. The molecule has 3 atom stereocenters. The van der Waals surface area contributed by atoms with Gasteiger partial charge >= 0.3 is 23.5 Å². The molecule has 2 bridgehead atoms. The van der Waals surface area contributed by atoms with E-state index in [4.69, 9.17) is 23.4 Å². The summed E-state index contributed by atoms with van der Waals surface area (Å²) >= 11 is 0. The van der Waals surface area contributed by atoms with Crippen LogP contribution in [0.5, 0.6) is 5.75 Å². The minimum absolute atomic E-state index is 0.0919. The van der Waals surface area contributed by atoms with Crippen molar-refractivity contribution in [1.82, 2.24) is 0 Å². The van der Waals surface area contributed by atoms with E-state index in [1.54, 1.807) is 6.92 Å². The number of esters is 3. The molecule has 6 rings (SSSR count). The maximum atomic E-state index is 13.9. The molecule has 0 spiro atoms. The fourth-order valence-corrected chi connectivity index (χ4v) is 6.68. The van der Waals surface area contributed by atoms with Gasteiger partial charge in [0.1, 0.15) is 23.0 Å². The van der Waals surface area contributed by atoms with Gasteiger partial charge in [-0.05, 0) is 45.9 Å². The van der Waals surface area contributed by atoms with Gasteiger partial charge in [-0.3, -0.25) is 4.79 Å². The van der Waals surface area contributed by atoms with Crippen LogP contribution in [-0.4, -0.2) is 41.8 Å². The second-order valence-electron chi connectivity index (χ2n) is 12.2. The molecule has 40 heavy (non-hydrogen) atoms. The number of hydrogen-bond acceptors (Lipinski definition) is 9. The van der Waals surface area contributed by atoms with E-state index >= 15 is 0 Å². The number of benzene rings is 2. The molecule has 3 heterocycles. The summed E-state index contributed by atoms with van der Waals surface area (Å²) in [5.41, 5.74) is -3.86. The Balaban J connectivity index is 1.49. The summed E-state index contributed by atoms with van der Waals surface area (Å²) < 4.78 is 29.4. The van der Waals surface area contributed by atoms with E-state index in [9.17, 15) is 19.2 Å². The van der Waals surface area contributed by atoms with Crippen LogP contribution in [0.1, 0.15) is 70.3 Å². The van der Waals surface area contributed by atoms with Crippen LogP contribution in [0.2, 0.25) is 0 Å². The van der Waals surface area contributed by atoms with Crippen LogP contribution >= 0.6 is 0 Å². The maximum Gasteiger partial charge on any atom is 0.351 e. The fraction of sp³-hybridized carbons (Fsp3) is 0.484. The van der Waals surface area contributed by atoms with E-state index in [1.165, 1.54) is 0 Å². The van der Waals surface area contributed by atoms with Gasteiger partial charge in [0.25, 0.3) is 0 Å². The third-order valence-electron chi connectivity index (χ3n) is 9.64. The van der Waals surface area contributed by atoms with Crippen LogP contribution in [0.15, 0.2) is 39.5 Å². The molecule has 3 aromatic rings. The van der Waals surface area contributed by atoms with Gasteiger partial charge in [0, 0.05) is 34.2 Å². The molecule has 9 nitrogen and oxygen atoms in total. The van der Waals surface area contributed by atoms with E-state index in [0.29, 0.717) is 34.9 Å². The van der Waals surface area contributed by atoms with E-state index in [0.717, 1.165) is 11.5 Å². The molecule has 2 aromatic carbocycles. The van der Waals surface area contributed by atoms with Gasteiger partial charge in [0.2, 0.25) is 5.60 Å². The third kappa shape index (κ3) is 3.26. The van der Waals surface area contributed by atoms with Crippen LogP contribution in [0.4, 0.5) is 0 Å². The largest absolute Gasteiger partial charge is 0.483 e. The average Bonchev–Trinajstić information content (AvgIpc) is 3.19.